The maximum absolute atomic E-state index is 12.3. The molecule has 1 saturated heterocycles. The molecular weight excluding hydrogens is 324 g/mol. The molecule has 18 heavy (non-hydrogen) atoms. The van der Waals surface area contributed by atoms with Crippen molar-refractivity contribution in [1.82, 2.24) is 19.3 Å². The van der Waals surface area contributed by atoms with Crippen molar-refractivity contribution < 1.29 is 13.5 Å². The van der Waals surface area contributed by atoms with Crippen molar-refractivity contribution in [2.24, 2.45) is 13.0 Å². The number of nitrogens with zero attached hydrogens (tertiary/aromatic N) is 4. The molecule has 3 rings (SSSR count). The molecule has 9 heteroatoms. The molecule has 7 nitrogen and oxygen atoms in total. The molecule has 2 aliphatic rings. The van der Waals surface area contributed by atoms with E-state index >= 15 is 0 Å². The van der Waals surface area contributed by atoms with Crippen molar-refractivity contribution in [3.8, 4) is 0 Å². The summed E-state index contributed by atoms with van der Waals surface area (Å²) in [4.78, 5) is 0. The SMILES string of the molecule is Cn1nnc(Br)c1S(=O)(=O)N1CC(O)(C2CC2)C1. The fraction of sp³-hybridized carbons (Fsp3) is 0.778. The molecular formula is C9H13BrN4O3S. The Labute approximate surface area is 113 Å². The van der Waals surface area contributed by atoms with Gasteiger partial charge in [-0.1, -0.05) is 5.21 Å². The van der Waals surface area contributed by atoms with Gasteiger partial charge in [-0.25, -0.2) is 13.1 Å². The summed E-state index contributed by atoms with van der Waals surface area (Å²) >= 11 is 3.08. The van der Waals surface area contributed by atoms with E-state index in [1.54, 1.807) is 0 Å². The van der Waals surface area contributed by atoms with Gasteiger partial charge in [0.15, 0.2) is 4.60 Å². The maximum atomic E-state index is 12.3. The third-order valence-electron chi connectivity index (χ3n) is 3.56. The molecule has 0 amide bonds. The van der Waals surface area contributed by atoms with E-state index in [0.717, 1.165) is 12.8 Å². The van der Waals surface area contributed by atoms with Crippen LogP contribution in [0.5, 0.6) is 0 Å². The Morgan fingerprint density at radius 3 is 2.50 bits per heavy atom. The summed E-state index contributed by atoms with van der Waals surface area (Å²) in [5, 5.41) is 17.5. The lowest BCUT2D eigenvalue weighted by molar-refractivity contribution is -0.0766. The number of rotatable bonds is 3. The zero-order valence-electron chi connectivity index (χ0n) is 9.74. The molecule has 0 spiro atoms. The van der Waals surface area contributed by atoms with Crippen LogP contribution in [-0.2, 0) is 17.1 Å². The first kappa shape index (κ1) is 12.5. The van der Waals surface area contributed by atoms with Crippen molar-refractivity contribution in [1.29, 1.82) is 0 Å². The molecule has 0 bridgehead atoms. The molecule has 0 aromatic carbocycles. The first-order chi connectivity index (χ1) is 8.34. The molecule has 0 atom stereocenters. The van der Waals surface area contributed by atoms with Gasteiger partial charge in [0.2, 0.25) is 5.03 Å². The number of aromatic nitrogens is 3. The van der Waals surface area contributed by atoms with Gasteiger partial charge in [-0.3, -0.25) is 0 Å². The van der Waals surface area contributed by atoms with Crippen LogP contribution in [0.2, 0.25) is 0 Å². The summed E-state index contributed by atoms with van der Waals surface area (Å²) in [6.45, 7) is 0.329. The monoisotopic (exact) mass is 336 g/mol. The van der Waals surface area contributed by atoms with Gasteiger partial charge in [-0.05, 0) is 34.7 Å². The quantitative estimate of drug-likeness (QED) is 0.820. The summed E-state index contributed by atoms with van der Waals surface area (Å²) in [7, 11) is -2.11. The van der Waals surface area contributed by atoms with Gasteiger partial charge in [0.25, 0.3) is 10.0 Å². The standard InChI is InChI=1S/C9H13BrN4O3S/c1-13-8(7(10)11-12-13)18(16,17)14-4-9(15,5-14)6-2-3-6/h6,15H,2-5H2,1H3. The van der Waals surface area contributed by atoms with E-state index in [-0.39, 0.29) is 28.6 Å². The second kappa shape index (κ2) is 3.75. The summed E-state index contributed by atoms with van der Waals surface area (Å²) in [5.74, 6) is 0.261. The number of sulfonamides is 1. The highest BCUT2D eigenvalue weighted by Gasteiger charge is 2.56. The predicted octanol–water partition coefficient (Wildman–Crippen LogP) is -0.277. The van der Waals surface area contributed by atoms with Crippen molar-refractivity contribution in [2.75, 3.05) is 13.1 Å². The first-order valence-corrected chi connectivity index (χ1v) is 7.85. The number of halogens is 1. The first-order valence-electron chi connectivity index (χ1n) is 5.62. The van der Waals surface area contributed by atoms with Gasteiger partial charge < -0.3 is 5.11 Å². The number of β-amino-alcohol motifs (C(OH)–C–C–N with tert-alkyl or cyclic N) is 1. The van der Waals surface area contributed by atoms with Crippen molar-refractivity contribution in [3.63, 3.8) is 0 Å². The van der Waals surface area contributed by atoms with E-state index in [2.05, 4.69) is 26.2 Å². The Bertz CT molecular complexity index is 569. The third-order valence-corrected chi connectivity index (χ3v) is 6.24. The molecule has 0 unspecified atom stereocenters. The van der Waals surface area contributed by atoms with Crippen LogP contribution in [0, 0.1) is 5.92 Å². The molecule has 1 aromatic heterocycles. The van der Waals surface area contributed by atoms with Crippen LogP contribution in [-0.4, -0.2) is 51.5 Å². The van der Waals surface area contributed by atoms with Crippen molar-refractivity contribution >= 4 is 26.0 Å². The molecule has 0 radical (unpaired) electrons. The Morgan fingerprint density at radius 2 is 2.06 bits per heavy atom. The van der Waals surface area contributed by atoms with Gasteiger partial charge >= 0.3 is 0 Å². The van der Waals surface area contributed by atoms with Gasteiger partial charge in [-0.15, -0.1) is 5.10 Å². The minimum absolute atomic E-state index is 0.0281. The topological polar surface area (TPSA) is 88.3 Å². The average molecular weight is 337 g/mol. The summed E-state index contributed by atoms with van der Waals surface area (Å²) in [6.07, 6.45) is 1.97. The highest BCUT2D eigenvalue weighted by atomic mass is 79.9. The molecule has 2 heterocycles. The summed E-state index contributed by atoms with van der Waals surface area (Å²) < 4.78 is 27.4. The predicted molar refractivity (Wildman–Crippen MR) is 65.1 cm³/mol. The highest BCUT2D eigenvalue weighted by molar-refractivity contribution is 9.10. The van der Waals surface area contributed by atoms with E-state index in [0.29, 0.717) is 0 Å². The van der Waals surface area contributed by atoms with Crippen LogP contribution >= 0.6 is 15.9 Å². The third kappa shape index (κ3) is 1.72. The number of aliphatic hydroxyl groups is 1. The van der Waals surface area contributed by atoms with Crippen LogP contribution in [0.25, 0.3) is 0 Å². The van der Waals surface area contributed by atoms with Crippen molar-refractivity contribution in [2.45, 2.75) is 23.5 Å². The maximum Gasteiger partial charge on any atom is 0.263 e. The molecule has 1 aliphatic heterocycles. The zero-order chi connectivity index (χ0) is 13.1. The fourth-order valence-corrected chi connectivity index (χ4v) is 4.93. The molecule has 1 aliphatic carbocycles. The Kier molecular flexibility index (Phi) is 2.61. The van der Waals surface area contributed by atoms with E-state index in [4.69, 9.17) is 0 Å². The van der Waals surface area contributed by atoms with Crippen molar-refractivity contribution in [3.05, 3.63) is 4.60 Å². The Morgan fingerprint density at radius 1 is 1.44 bits per heavy atom. The van der Waals surface area contributed by atoms with E-state index in [9.17, 15) is 13.5 Å². The average Bonchev–Trinajstić information content (AvgIpc) is 3.01. The smallest absolute Gasteiger partial charge is 0.263 e. The Hall–Kier alpha value is -0.510. The minimum Gasteiger partial charge on any atom is -0.387 e. The number of hydrogen-bond donors (Lipinski definition) is 1. The van der Waals surface area contributed by atoms with Gasteiger partial charge in [0, 0.05) is 20.1 Å². The van der Waals surface area contributed by atoms with Gasteiger partial charge in [-0.2, -0.15) is 4.31 Å². The minimum atomic E-state index is -3.63. The van der Waals surface area contributed by atoms with Gasteiger partial charge in [0.1, 0.15) is 0 Å². The molecule has 100 valence electrons. The molecule has 2 fully saturated rings. The Balaban J connectivity index is 1.85. The van der Waals surface area contributed by atoms with Gasteiger partial charge in [0.05, 0.1) is 5.60 Å². The lowest BCUT2D eigenvalue weighted by atomic mass is 9.91. The summed E-state index contributed by atoms with van der Waals surface area (Å²) in [6, 6.07) is 0. The van der Waals surface area contributed by atoms with Crippen LogP contribution in [0.3, 0.4) is 0 Å². The van der Waals surface area contributed by atoms with Crippen LogP contribution < -0.4 is 0 Å². The second-order valence-electron chi connectivity index (χ2n) is 4.96. The zero-order valence-corrected chi connectivity index (χ0v) is 12.1. The normalized spacial score (nSPS) is 23.9. The lowest BCUT2D eigenvalue weighted by Crippen LogP contribution is -2.64. The fourth-order valence-electron chi connectivity index (χ4n) is 2.33. The molecule has 1 aromatic rings. The van der Waals surface area contributed by atoms with E-state index in [1.165, 1.54) is 16.0 Å². The summed E-state index contributed by atoms with van der Waals surface area (Å²) in [5.41, 5.74) is -0.828. The highest BCUT2D eigenvalue weighted by Crippen LogP contribution is 2.46. The van der Waals surface area contributed by atoms with E-state index < -0.39 is 15.6 Å². The molecule has 1 saturated carbocycles. The number of aryl methyl sites for hydroxylation is 1. The largest absolute Gasteiger partial charge is 0.387 e. The number of hydrogen-bond acceptors (Lipinski definition) is 5. The van der Waals surface area contributed by atoms with Crippen LogP contribution in [0.4, 0.5) is 0 Å². The van der Waals surface area contributed by atoms with Crippen LogP contribution in [0.15, 0.2) is 9.63 Å². The van der Waals surface area contributed by atoms with E-state index in [1.807, 2.05) is 0 Å². The lowest BCUT2D eigenvalue weighted by Gasteiger charge is -2.45. The second-order valence-corrected chi connectivity index (χ2v) is 7.56. The van der Waals surface area contributed by atoms with Crippen LogP contribution in [0.1, 0.15) is 12.8 Å². The molecule has 1 N–H and O–H groups in total.